The maximum atomic E-state index is 11.7. The first-order chi connectivity index (χ1) is 8.26. The van der Waals surface area contributed by atoms with Crippen molar-refractivity contribution in [2.24, 2.45) is 11.8 Å². The van der Waals surface area contributed by atoms with Crippen molar-refractivity contribution in [1.29, 1.82) is 0 Å². The summed E-state index contributed by atoms with van der Waals surface area (Å²) in [6.07, 6.45) is 5.73. The van der Waals surface area contributed by atoms with Gasteiger partial charge in [-0.25, -0.2) is 4.79 Å². The van der Waals surface area contributed by atoms with Crippen LogP contribution in [0.4, 0.5) is 4.79 Å². The zero-order chi connectivity index (χ0) is 13.8. The van der Waals surface area contributed by atoms with Crippen LogP contribution in [0.15, 0.2) is 0 Å². The smallest absolute Gasteiger partial charge is 0.407 e. The van der Waals surface area contributed by atoms with E-state index in [1.54, 1.807) is 0 Å². The van der Waals surface area contributed by atoms with Crippen LogP contribution in [0.3, 0.4) is 0 Å². The molecule has 18 heavy (non-hydrogen) atoms. The molecule has 3 heteroatoms. The van der Waals surface area contributed by atoms with E-state index in [-0.39, 0.29) is 6.09 Å². The Morgan fingerprint density at radius 3 is 2.56 bits per heavy atom. The summed E-state index contributed by atoms with van der Waals surface area (Å²) in [6, 6.07) is 0.303. The number of hydrogen-bond donors (Lipinski definition) is 1. The van der Waals surface area contributed by atoms with E-state index in [9.17, 15) is 4.79 Å². The van der Waals surface area contributed by atoms with Gasteiger partial charge in [-0.05, 0) is 51.9 Å². The van der Waals surface area contributed by atoms with Crippen LogP contribution in [0.1, 0.15) is 66.7 Å². The van der Waals surface area contributed by atoms with Gasteiger partial charge < -0.3 is 10.1 Å². The fourth-order valence-corrected chi connectivity index (χ4v) is 2.78. The Morgan fingerprint density at radius 2 is 2.00 bits per heavy atom. The normalized spacial score (nSPS) is 25.0. The molecule has 0 aromatic rings. The Morgan fingerprint density at radius 1 is 1.33 bits per heavy atom. The topological polar surface area (TPSA) is 38.3 Å². The minimum Gasteiger partial charge on any atom is -0.444 e. The highest BCUT2D eigenvalue weighted by Gasteiger charge is 2.25. The molecule has 0 aliphatic heterocycles. The molecular formula is C15H29NO2. The first kappa shape index (κ1) is 15.3. The van der Waals surface area contributed by atoms with E-state index in [4.69, 9.17) is 4.74 Å². The van der Waals surface area contributed by atoms with Crippen molar-refractivity contribution in [2.75, 3.05) is 0 Å². The summed E-state index contributed by atoms with van der Waals surface area (Å²) < 4.78 is 5.31. The number of amides is 1. The molecule has 0 heterocycles. The highest BCUT2D eigenvalue weighted by molar-refractivity contribution is 5.68. The fraction of sp³-hybridized carbons (Fsp3) is 0.933. The number of alkyl carbamates (subject to hydrolysis) is 1. The van der Waals surface area contributed by atoms with E-state index in [1.807, 2.05) is 20.8 Å². The van der Waals surface area contributed by atoms with E-state index >= 15 is 0 Å². The molecule has 1 amide bonds. The molecule has 106 valence electrons. The van der Waals surface area contributed by atoms with Crippen molar-refractivity contribution in [2.45, 2.75) is 78.4 Å². The Hall–Kier alpha value is -0.730. The van der Waals surface area contributed by atoms with E-state index in [0.717, 1.165) is 24.7 Å². The van der Waals surface area contributed by atoms with Gasteiger partial charge in [0.25, 0.3) is 0 Å². The minimum atomic E-state index is -0.407. The summed E-state index contributed by atoms with van der Waals surface area (Å²) in [7, 11) is 0. The third-order valence-electron chi connectivity index (χ3n) is 3.31. The first-order valence-corrected chi connectivity index (χ1v) is 7.26. The summed E-state index contributed by atoms with van der Waals surface area (Å²) in [6.45, 7) is 10.2. The average Bonchev–Trinajstić information content (AvgIpc) is 2.13. The monoisotopic (exact) mass is 255 g/mol. The standard InChI is InChI=1S/C15H29NO2/c1-11(2)9-12-7-6-8-13(10-12)16-14(17)18-15(3,4)5/h11-13H,6-10H2,1-5H3,(H,16,17). The summed E-state index contributed by atoms with van der Waals surface area (Å²) in [5, 5.41) is 3.02. The molecule has 0 spiro atoms. The maximum Gasteiger partial charge on any atom is 0.407 e. The van der Waals surface area contributed by atoms with Crippen molar-refractivity contribution in [3.8, 4) is 0 Å². The molecule has 1 rings (SSSR count). The predicted octanol–water partition coefficient (Wildman–Crippen LogP) is 4.12. The quantitative estimate of drug-likeness (QED) is 0.824. The summed E-state index contributed by atoms with van der Waals surface area (Å²) in [5.41, 5.74) is -0.407. The summed E-state index contributed by atoms with van der Waals surface area (Å²) in [4.78, 5) is 11.7. The average molecular weight is 255 g/mol. The third kappa shape index (κ3) is 6.27. The lowest BCUT2D eigenvalue weighted by atomic mass is 9.81. The molecule has 1 N–H and O–H groups in total. The highest BCUT2D eigenvalue weighted by atomic mass is 16.6. The molecule has 1 fully saturated rings. The first-order valence-electron chi connectivity index (χ1n) is 7.26. The van der Waals surface area contributed by atoms with Crippen LogP contribution in [-0.2, 0) is 4.74 Å². The molecule has 0 bridgehead atoms. The lowest BCUT2D eigenvalue weighted by molar-refractivity contribution is 0.0483. The van der Waals surface area contributed by atoms with Crippen LogP contribution in [0.25, 0.3) is 0 Å². The lowest BCUT2D eigenvalue weighted by Crippen LogP contribution is -2.41. The van der Waals surface area contributed by atoms with Gasteiger partial charge in [0, 0.05) is 6.04 Å². The van der Waals surface area contributed by atoms with Gasteiger partial charge >= 0.3 is 6.09 Å². The molecule has 1 aliphatic rings. The Bertz CT molecular complexity index is 268. The number of ether oxygens (including phenoxy) is 1. The van der Waals surface area contributed by atoms with Crippen LogP contribution in [0, 0.1) is 11.8 Å². The highest BCUT2D eigenvalue weighted by Crippen LogP contribution is 2.29. The summed E-state index contributed by atoms with van der Waals surface area (Å²) >= 11 is 0. The van der Waals surface area contributed by atoms with Crippen molar-refractivity contribution in [3.05, 3.63) is 0 Å². The maximum absolute atomic E-state index is 11.7. The second kappa shape index (κ2) is 6.44. The lowest BCUT2D eigenvalue weighted by Gasteiger charge is -2.31. The zero-order valence-electron chi connectivity index (χ0n) is 12.6. The molecule has 0 radical (unpaired) electrons. The van der Waals surface area contributed by atoms with Gasteiger partial charge in [-0.1, -0.05) is 26.7 Å². The number of hydrogen-bond acceptors (Lipinski definition) is 2. The van der Waals surface area contributed by atoms with E-state index in [0.29, 0.717) is 6.04 Å². The predicted molar refractivity (Wildman–Crippen MR) is 74.6 cm³/mol. The molecule has 0 saturated heterocycles. The van der Waals surface area contributed by atoms with Crippen molar-refractivity contribution in [1.82, 2.24) is 5.32 Å². The fourth-order valence-electron chi connectivity index (χ4n) is 2.78. The van der Waals surface area contributed by atoms with E-state index < -0.39 is 5.60 Å². The number of carbonyl (C=O) groups excluding carboxylic acids is 1. The Balaban J connectivity index is 2.36. The van der Waals surface area contributed by atoms with Crippen molar-refractivity contribution >= 4 is 6.09 Å². The van der Waals surface area contributed by atoms with Gasteiger partial charge in [-0.3, -0.25) is 0 Å². The van der Waals surface area contributed by atoms with Crippen LogP contribution in [0.2, 0.25) is 0 Å². The SMILES string of the molecule is CC(C)CC1CCCC(NC(=O)OC(C)(C)C)C1. The Kier molecular flexibility index (Phi) is 5.48. The van der Waals surface area contributed by atoms with Gasteiger partial charge in [0.15, 0.2) is 0 Å². The minimum absolute atomic E-state index is 0.266. The molecule has 0 aromatic heterocycles. The molecule has 1 aliphatic carbocycles. The van der Waals surface area contributed by atoms with Crippen LogP contribution in [0.5, 0.6) is 0 Å². The Labute approximate surface area is 112 Å². The van der Waals surface area contributed by atoms with Crippen LogP contribution >= 0.6 is 0 Å². The molecule has 1 saturated carbocycles. The van der Waals surface area contributed by atoms with Gasteiger partial charge in [0.2, 0.25) is 0 Å². The van der Waals surface area contributed by atoms with E-state index in [2.05, 4.69) is 19.2 Å². The van der Waals surface area contributed by atoms with Gasteiger partial charge in [-0.2, -0.15) is 0 Å². The number of rotatable bonds is 3. The van der Waals surface area contributed by atoms with E-state index in [1.165, 1.54) is 19.3 Å². The largest absolute Gasteiger partial charge is 0.444 e. The van der Waals surface area contributed by atoms with Gasteiger partial charge in [0.05, 0.1) is 0 Å². The number of nitrogens with one attached hydrogen (secondary N) is 1. The second-order valence-electron chi connectivity index (χ2n) is 7.01. The number of carbonyl (C=O) groups is 1. The zero-order valence-corrected chi connectivity index (χ0v) is 12.6. The van der Waals surface area contributed by atoms with Gasteiger partial charge in [-0.15, -0.1) is 0 Å². The third-order valence-corrected chi connectivity index (χ3v) is 3.31. The molecule has 2 unspecified atom stereocenters. The van der Waals surface area contributed by atoms with Crippen LogP contribution in [-0.4, -0.2) is 17.7 Å². The van der Waals surface area contributed by atoms with Crippen molar-refractivity contribution < 1.29 is 9.53 Å². The van der Waals surface area contributed by atoms with Crippen molar-refractivity contribution in [3.63, 3.8) is 0 Å². The molecule has 3 nitrogen and oxygen atoms in total. The van der Waals surface area contributed by atoms with Gasteiger partial charge in [0.1, 0.15) is 5.60 Å². The molecule has 2 atom stereocenters. The molecular weight excluding hydrogens is 226 g/mol. The summed E-state index contributed by atoms with van der Waals surface area (Å²) in [5.74, 6) is 1.51. The molecule has 0 aromatic carbocycles. The second-order valence-corrected chi connectivity index (χ2v) is 7.01. The van der Waals surface area contributed by atoms with Crippen LogP contribution < -0.4 is 5.32 Å².